The van der Waals surface area contributed by atoms with E-state index in [1.54, 1.807) is 7.11 Å². The molecule has 0 saturated carbocycles. The molecule has 0 saturated heterocycles. The highest BCUT2D eigenvalue weighted by Crippen LogP contribution is 2.29. The number of carbonyl (C=O) groups excluding carboxylic acids is 1. The molecule has 1 aromatic heterocycles. The molecule has 21 heavy (non-hydrogen) atoms. The molecule has 0 spiro atoms. The fraction of sp³-hybridized carbons (Fsp3) is 0.400. The van der Waals surface area contributed by atoms with Crippen LogP contribution in [0.25, 0.3) is 0 Å². The van der Waals surface area contributed by atoms with Gasteiger partial charge < -0.3 is 10.1 Å². The number of amides is 1. The smallest absolute Gasteiger partial charge is 0.295 e. The molecular formula is C15H20N4O2. The minimum absolute atomic E-state index is 0.137. The van der Waals surface area contributed by atoms with Gasteiger partial charge in [0.25, 0.3) is 5.91 Å². The first-order valence-corrected chi connectivity index (χ1v) is 6.81. The second kappa shape index (κ2) is 5.95. The van der Waals surface area contributed by atoms with E-state index in [1.807, 2.05) is 39.8 Å². The minimum atomic E-state index is -0.341. The maximum Gasteiger partial charge on any atom is 0.295 e. The molecule has 2 N–H and O–H groups in total. The van der Waals surface area contributed by atoms with Gasteiger partial charge in [-0.25, -0.2) is 4.98 Å². The Morgan fingerprint density at radius 1 is 1.33 bits per heavy atom. The Kier molecular flexibility index (Phi) is 4.26. The van der Waals surface area contributed by atoms with Crippen LogP contribution in [0.4, 0.5) is 5.69 Å². The molecule has 0 fully saturated rings. The third kappa shape index (κ3) is 3.04. The number of hydrogen-bond donors (Lipinski definition) is 2. The summed E-state index contributed by atoms with van der Waals surface area (Å²) in [5.41, 5.74) is 2.59. The summed E-state index contributed by atoms with van der Waals surface area (Å²) in [6, 6.07) is 3.75. The Balaban J connectivity index is 2.23. The van der Waals surface area contributed by atoms with E-state index in [4.69, 9.17) is 4.74 Å². The van der Waals surface area contributed by atoms with E-state index in [0.717, 1.165) is 16.9 Å². The molecule has 0 atom stereocenters. The summed E-state index contributed by atoms with van der Waals surface area (Å²) in [6.07, 6.45) is 0. The summed E-state index contributed by atoms with van der Waals surface area (Å²) in [5.74, 6) is 1.45. The summed E-state index contributed by atoms with van der Waals surface area (Å²) in [5, 5.41) is 9.53. The zero-order valence-corrected chi connectivity index (χ0v) is 12.9. The summed E-state index contributed by atoms with van der Waals surface area (Å²) in [6.45, 7) is 7.83. The lowest BCUT2D eigenvalue weighted by Gasteiger charge is -2.13. The molecule has 0 aliphatic rings. The number of nitrogens with zero attached hydrogens (tertiary/aromatic N) is 2. The minimum Gasteiger partial charge on any atom is -0.496 e. The number of aromatic nitrogens is 3. The van der Waals surface area contributed by atoms with E-state index < -0.39 is 0 Å². The highest BCUT2D eigenvalue weighted by Gasteiger charge is 2.16. The van der Waals surface area contributed by atoms with E-state index in [1.165, 1.54) is 0 Å². The van der Waals surface area contributed by atoms with E-state index in [-0.39, 0.29) is 17.6 Å². The Bertz CT molecular complexity index is 662. The number of rotatable bonds is 4. The van der Waals surface area contributed by atoms with Crippen LogP contribution in [0.15, 0.2) is 12.1 Å². The first kappa shape index (κ1) is 15.0. The maximum atomic E-state index is 12.2. The lowest BCUT2D eigenvalue weighted by atomic mass is 10.1. The molecule has 1 amide bonds. The normalized spacial score (nSPS) is 10.8. The number of aromatic amines is 1. The quantitative estimate of drug-likeness (QED) is 0.906. The topological polar surface area (TPSA) is 79.9 Å². The molecule has 0 unspecified atom stereocenters. The van der Waals surface area contributed by atoms with E-state index in [9.17, 15) is 4.79 Å². The number of anilines is 1. The zero-order chi connectivity index (χ0) is 15.6. The number of hydrogen-bond acceptors (Lipinski definition) is 4. The van der Waals surface area contributed by atoms with Gasteiger partial charge in [0.15, 0.2) is 0 Å². The van der Waals surface area contributed by atoms with Gasteiger partial charge in [-0.05, 0) is 25.5 Å². The van der Waals surface area contributed by atoms with Gasteiger partial charge in [0.1, 0.15) is 11.6 Å². The summed E-state index contributed by atoms with van der Waals surface area (Å²) in [4.78, 5) is 16.4. The monoisotopic (exact) mass is 288 g/mol. The van der Waals surface area contributed by atoms with Gasteiger partial charge in [-0.2, -0.15) is 0 Å². The maximum absolute atomic E-state index is 12.2. The van der Waals surface area contributed by atoms with Crippen molar-refractivity contribution < 1.29 is 9.53 Å². The van der Waals surface area contributed by atoms with Crippen molar-refractivity contribution in [3.63, 3.8) is 0 Å². The molecule has 112 valence electrons. The van der Waals surface area contributed by atoms with Crippen LogP contribution in [-0.4, -0.2) is 28.2 Å². The number of H-pyrrole nitrogens is 1. The number of nitrogens with one attached hydrogen (secondary N) is 2. The lowest BCUT2D eigenvalue weighted by molar-refractivity contribution is 0.101. The van der Waals surface area contributed by atoms with Crippen LogP contribution in [0.2, 0.25) is 0 Å². The largest absolute Gasteiger partial charge is 0.496 e. The van der Waals surface area contributed by atoms with Crippen molar-refractivity contribution in [3.05, 3.63) is 34.9 Å². The van der Waals surface area contributed by atoms with E-state index in [2.05, 4.69) is 20.5 Å². The third-order valence-corrected chi connectivity index (χ3v) is 3.31. The van der Waals surface area contributed by atoms with Crippen molar-refractivity contribution in [2.24, 2.45) is 0 Å². The Hall–Kier alpha value is -2.37. The molecule has 1 aromatic carbocycles. The first-order valence-electron chi connectivity index (χ1n) is 6.81. The highest BCUT2D eigenvalue weighted by molar-refractivity contribution is 6.02. The summed E-state index contributed by atoms with van der Waals surface area (Å²) < 4.78 is 5.35. The van der Waals surface area contributed by atoms with Crippen molar-refractivity contribution in [2.75, 3.05) is 12.4 Å². The van der Waals surface area contributed by atoms with Gasteiger partial charge in [-0.15, -0.1) is 5.10 Å². The van der Waals surface area contributed by atoms with E-state index in [0.29, 0.717) is 11.5 Å². The number of ether oxygens (including phenoxy) is 1. The molecule has 2 aromatic rings. The van der Waals surface area contributed by atoms with Gasteiger partial charge in [0, 0.05) is 17.2 Å². The SMILES string of the molecule is COc1c(C)ccc(NC(=O)c2n[nH]c(C(C)C)n2)c1C. The van der Waals surface area contributed by atoms with Crippen LogP contribution >= 0.6 is 0 Å². The van der Waals surface area contributed by atoms with Crippen molar-refractivity contribution in [2.45, 2.75) is 33.6 Å². The number of aryl methyl sites for hydroxylation is 1. The van der Waals surface area contributed by atoms with Crippen LogP contribution in [0.5, 0.6) is 5.75 Å². The molecular weight excluding hydrogens is 268 g/mol. The number of benzene rings is 1. The van der Waals surface area contributed by atoms with Gasteiger partial charge in [0.2, 0.25) is 5.82 Å². The van der Waals surface area contributed by atoms with Crippen LogP contribution < -0.4 is 10.1 Å². The van der Waals surface area contributed by atoms with Crippen LogP contribution in [-0.2, 0) is 0 Å². The fourth-order valence-electron chi connectivity index (χ4n) is 2.09. The zero-order valence-electron chi connectivity index (χ0n) is 12.9. The molecule has 0 aliphatic heterocycles. The Morgan fingerprint density at radius 2 is 2.05 bits per heavy atom. The van der Waals surface area contributed by atoms with Gasteiger partial charge in [-0.3, -0.25) is 9.89 Å². The van der Waals surface area contributed by atoms with Crippen molar-refractivity contribution in [1.82, 2.24) is 15.2 Å². The molecule has 0 aliphatic carbocycles. The average Bonchev–Trinajstić information content (AvgIpc) is 2.92. The Labute approximate surface area is 123 Å². The van der Waals surface area contributed by atoms with E-state index >= 15 is 0 Å². The van der Waals surface area contributed by atoms with Crippen LogP contribution in [0.3, 0.4) is 0 Å². The predicted octanol–water partition coefficient (Wildman–Crippen LogP) is 2.81. The lowest BCUT2D eigenvalue weighted by Crippen LogP contribution is -2.15. The molecule has 1 heterocycles. The van der Waals surface area contributed by atoms with Crippen molar-refractivity contribution in [1.29, 1.82) is 0 Å². The van der Waals surface area contributed by atoms with Crippen LogP contribution in [0.1, 0.15) is 47.3 Å². The number of carbonyl (C=O) groups is 1. The second-order valence-electron chi connectivity index (χ2n) is 5.24. The second-order valence-corrected chi connectivity index (χ2v) is 5.24. The molecule has 6 nitrogen and oxygen atoms in total. The molecule has 0 bridgehead atoms. The standard InChI is InChI=1S/C15H20N4O2/c1-8(2)13-17-14(19-18-13)15(20)16-11-7-6-9(3)12(21-5)10(11)4/h6-8H,1-5H3,(H,16,20)(H,17,18,19). The van der Waals surface area contributed by atoms with Crippen molar-refractivity contribution in [3.8, 4) is 5.75 Å². The number of methoxy groups -OCH3 is 1. The summed E-state index contributed by atoms with van der Waals surface area (Å²) >= 11 is 0. The van der Waals surface area contributed by atoms with Crippen molar-refractivity contribution >= 4 is 11.6 Å². The van der Waals surface area contributed by atoms with Gasteiger partial charge in [-0.1, -0.05) is 19.9 Å². The average molecular weight is 288 g/mol. The van der Waals surface area contributed by atoms with Gasteiger partial charge in [0.05, 0.1) is 7.11 Å². The van der Waals surface area contributed by atoms with Crippen LogP contribution in [0, 0.1) is 13.8 Å². The summed E-state index contributed by atoms with van der Waals surface area (Å²) in [7, 11) is 1.62. The highest BCUT2D eigenvalue weighted by atomic mass is 16.5. The predicted molar refractivity (Wildman–Crippen MR) is 80.9 cm³/mol. The third-order valence-electron chi connectivity index (χ3n) is 3.31. The molecule has 6 heteroatoms. The van der Waals surface area contributed by atoms with Gasteiger partial charge >= 0.3 is 0 Å². The Morgan fingerprint density at radius 3 is 2.62 bits per heavy atom. The molecule has 2 rings (SSSR count). The first-order chi connectivity index (χ1) is 9.93. The fourth-order valence-corrected chi connectivity index (χ4v) is 2.09. The molecule has 0 radical (unpaired) electrons.